The van der Waals surface area contributed by atoms with Gasteiger partial charge in [0.1, 0.15) is 6.10 Å². The van der Waals surface area contributed by atoms with Crippen LogP contribution in [0.4, 0.5) is 0 Å². The van der Waals surface area contributed by atoms with E-state index in [4.69, 9.17) is 0 Å². The second-order valence-electron chi connectivity index (χ2n) is 5.73. The molecule has 2 heterocycles. The predicted octanol–water partition coefficient (Wildman–Crippen LogP) is 1.24. The molecule has 0 saturated heterocycles. The van der Waals surface area contributed by atoms with E-state index in [0.29, 0.717) is 13.1 Å². The predicted molar refractivity (Wildman–Crippen MR) is 70.3 cm³/mol. The number of aliphatic hydroxyl groups excluding tert-OH is 1. The fraction of sp³-hybridized carbons (Fsp3) is 0.714. The highest BCUT2D eigenvalue weighted by Gasteiger charge is 2.32. The van der Waals surface area contributed by atoms with Gasteiger partial charge in [-0.25, -0.2) is 0 Å². The van der Waals surface area contributed by atoms with Crippen molar-refractivity contribution in [3.05, 3.63) is 17.5 Å². The summed E-state index contributed by atoms with van der Waals surface area (Å²) in [5.74, 6) is 0.0524. The molecule has 19 heavy (non-hydrogen) atoms. The van der Waals surface area contributed by atoms with Crippen molar-refractivity contribution in [2.45, 2.75) is 51.2 Å². The number of hydrogen-bond donors (Lipinski definition) is 2. The summed E-state index contributed by atoms with van der Waals surface area (Å²) in [5, 5.41) is 17.2. The van der Waals surface area contributed by atoms with E-state index in [1.807, 2.05) is 6.20 Å². The van der Waals surface area contributed by atoms with Gasteiger partial charge < -0.3 is 10.0 Å². The molecule has 1 fully saturated rings. The number of aromatic amines is 1. The zero-order valence-corrected chi connectivity index (χ0v) is 11.1. The SMILES string of the molecule is O=C(C(O)C1CCCCC1)N1CCc2cn[nH]c2C1. The summed E-state index contributed by atoms with van der Waals surface area (Å²) in [7, 11) is 0. The summed E-state index contributed by atoms with van der Waals surface area (Å²) in [5.41, 5.74) is 2.20. The zero-order chi connectivity index (χ0) is 13.2. The van der Waals surface area contributed by atoms with Gasteiger partial charge in [0.2, 0.25) is 0 Å². The summed E-state index contributed by atoms with van der Waals surface area (Å²) >= 11 is 0. The standard InChI is InChI=1S/C14H21N3O2/c18-13(10-4-2-1-3-5-10)14(19)17-7-6-11-8-15-16-12(11)9-17/h8,10,13,18H,1-7,9H2,(H,15,16). The van der Waals surface area contributed by atoms with Crippen LogP contribution in [-0.2, 0) is 17.8 Å². The van der Waals surface area contributed by atoms with Crippen LogP contribution in [0.15, 0.2) is 6.20 Å². The topological polar surface area (TPSA) is 69.2 Å². The third-order valence-corrected chi connectivity index (χ3v) is 4.47. The molecule has 1 aliphatic heterocycles. The number of hydrogen-bond acceptors (Lipinski definition) is 3. The van der Waals surface area contributed by atoms with Crippen molar-refractivity contribution in [3.8, 4) is 0 Å². The fourth-order valence-electron chi connectivity index (χ4n) is 3.24. The molecule has 0 bridgehead atoms. The van der Waals surface area contributed by atoms with Crippen molar-refractivity contribution in [1.82, 2.24) is 15.1 Å². The van der Waals surface area contributed by atoms with Crippen LogP contribution in [0.5, 0.6) is 0 Å². The molecular formula is C14H21N3O2. The first-order valence-corrected chi connectivity index (χ1v) is 7.23. The molecule has 1 aromatic heterocycles. The first kappa shape index (κ1) is 12.7. The van der Waals surface area contributed by atoms with Crippen LogP contribution in [0.2, 0.25) is 0 Å². The van der Waals surface area contributed by atoms with Crippen LogP contribution in [0.1, 0.15) is 43.4 Å². The van der Waals surface area contributed by atoms with E-state index in [1.165, 1.54) is 12.0 Å². The van der Waals surface area contributed by atoms with Gasteiger partial charge in [0, 0.05) is 6.54 Å². The van der Waals surface area contributed by atoms with E-state index in [0.717, 1.165) is 37.8 Å². The van der Waals surface area contributed by atoms with Gasteiger partial charge >= 0.3 is 0 Å². The minimum atomic E-state index is -0.815. The highest BCUT2D eigenvalue weighted by atomic mass is 16.3. The van der Waals surface area contributed by atoms with Crippen LogP contribution >= 0.6 is 0 Å². The molecule has 1 saturated carbocycles. The van der Waals surface area contributed by atoms with Crippen LogP contribution in [0.25, 0.3) is 0 Å². The van der Waals surface area contributed by atoms with Gasteiger partial charge in [0.15, 0.2) is 0 Å². The number of aliphatic hydroxyl groups is 1. The number of nitrogens with one attached hydrogen (secondary N) is 1. The van der Waals surface area contributed by atoms with E-state index in [2.05, 4.69) is 10.2 Å². The molecule has 104 valence electrons. The lowest BCUT2D eigenvalue weighted by molar-refractivity contribution is -0.144. The van der Waals surface area contributed by atoms with Crippen molar-refractivity contribution in [2.75, 3.05) is 6.54 Å². The number of fused-ring (bicyclic) bond motifs is 1. The van der Waals surface area contributed by atoms with Gasteiger partial charge in [-0.15, -0.1) is 0 Å². The normalized spacial score (nSPS) is 22.1. The highest BCUT2D eigenvalue weighted by molar-refractivity contribution is 5.81. The quantitative estimate of drug-likeness (QED) is 0.843. The minimum Gasteiger partial charge on any atom is -0.383 e. The minimum absolute atomic E-state index is 0.104. The zero-order valence-electron chi connectivity index (χ0n) is 11.1. The molecule has 3 rings (SSSR count). The molecule has 5 heteroatoms. The van der Waals surface area contributed by atoms with Gasteiger partial charge in [0.05, 0.1) is 18.4 Å². The molecule has 0 spiro atoms. The lowest BCUT2D eigenvalue weighted by Crippen LogP contribution is -2.45. The van der Waals surface area contributed by atoms with Crippen molar-refractivity contribution < 1.29 is 9.90 Å². The Morgan fingerprint density at radius 1 is 1.42 bits per heavy atom. The number of amides is 1. The van der Waals surface area contributed by atoms with Crippen LogP contribution in [-0.4, -0.2) is 38.8 Å². The summed E-state index contributed by atoms with van der Waals surface area (Å²) in [4.78, 5) is 14.1. The van der Waals surface area contributed by atoms with Gasteiger partial charge in [-0.1, -0.05) is 19.3 Å². The van der Waals surface area contributed by atoms with Crippen molar-refractivity contribution in [3.63, 3.8) is 0 Å². The van der Waals surface area contributed by atoms with E-state index >= 15 is 0 Å². The molecular weight excluding hydrogens is 242 g/mol. The van der Waals surface area contributed by atoms with Crippen LogP contribution < -0.4 is 0 Å². The number of H-pyrrole nitrogens is 1. The molecule has 1 aromatic rings. The summed E-state index contributed by atoms with van der Waals surface area (Å²) in [6, 6.07) is 0. The van der Waals surface area contributed by atoms with Crippen LogP contribution in [0, 0.1) is 5.92 Å². The van der Waals surface area contributed by atoms with Crippen molar-refractivity contribution >= 4 is 5.91 Å². The number of aromatic nitrogens is 2. The lowest BCUT2D eigenvalue weighted by atomic mass is 9.84. The maximum atomic E-state index is 12.4. The molecule has 0 aromatic carbocycles. The van der Waals surface area contributed by atoms with Crippen LogP contribution in [0.3, 0.4) is 0 Å². The summed E-state index contributed by atoms with van der Waals surface area (Å²) < 4.78 is 0. The van der Waals surface area contributed by atoms with E-state index in [1.54, 1.807) is 4.90 Å². The first-order valence-electron chi connectivity index (χ1n) is 7.23. The third kappa shape index (κ3) is 2.52. The Bertz CT molecular complexity index is 451. The van der Waals surface area contributed by atoms with Crippen molar-refractivity contribution in [1.29, 1.82) is 0 Å². The second kappa shape index (κ2) is 5.33. The van der Waals surface area contributed by atoms with Gasteiger partial charge in [0.25, 0.3) is 5.91 Å². The number of carbonyl (C=O) groups excluding carboxylic acids is 1. The number of nitrogens with zero attached hydrogens (tertiary/aromatic N) is 2. The van der Waals surface area contributed by atoms with Gasteiger partial charge in [-0.2, -0.15) is 5.10 Å². The molecule has 0 radical (unpaired) electrons. The molecule has 5 nitrogen and oxygen atoms in total. The Balaban J connectivity index is 1.64. The van der Waals surface area contributed by atoms with Gasteiger partial charge in [-0.3, -0.25) is 9.89 Å². The Morgan fingerprint density at radius 2 is 2.21 bits per heavy atom. The van der Waals surface area contributed by atoms with E-state index in [9.17, 15) is 9.90 Å². The monoisotopic (exact) mass is 263 g/mol. The summed E-state index contributed by atoms with van der Waals surface area (Å²) in [6.07, 6.45) is 7.32. The Labute approximate surface area is 113 Å². The number of carbonyl (C=O) groups is 1. The van der Waals surface area contributed by atoms with E-state index in [-0.39, 0.29) is 11.8 Å². The Morgan fingerprint density at radius 3 is 3.00 bits per heavy atom. The average molecular weight is 263 g/mol. The molecule has 2 N–H and O–H groups in total. The fourth-order valence-corrected chi connectivity index (χ4v) is 3.24. The maximum absolute atomic E-state index is 12.4. The molecule has 1 atom stereocenters. The molecule has 1 amide bonds. The van der Waals surface area contributed by atoms with E-state index < -0.39 is 6.10 Å². The Hall–Kier alpha value is -1.36. The smallest absolute Gasteiger partial charge is 0.252 e. The van der Waals surface area contributed by atoms with Gasteiger partial charge in [-0.05, 0) is 30.7 Å². The second-order valence-corrected chi connectivity index (χ2v) is 5.73. The molecule has 2 aliphatic rings. The molecule has 1 unspecified atom stereocenters. The Kier molecular flexibility index (Phi) is 3.55. The third-order valence-electron chi connectivity index (χ3n) is 4.47. The lowest BCUT2D eigenvalue weighted by Gasteiger charge is -2.32. The largest absolute Gasteiger partial charge is 0.383 e. The highest BCUT2D eigenvalue weighted by Crippen LogP contribution is 2.28. The van der Waals surface area contributed by atoms with Crippen molar-refractivity contribution in [2.24, 2.45) is 5.92 Å². The maximum Gasteiger partial charge on any atom is 0.252 e. The number of rotatable bonds is 2. The molecule has 1 aliphatic carbocycles. The first-order chi connectivity index (χ1) is 9.25. The summed E-state index contributed by atoms with van der Waals surface area (Å²) in [6.45, 7) is 1.24. The average Bonchev–Trinajstić information content (AvgIpc) is 2.94.